The van der Waals surface area contributed by atoms with E-state index in [0.717, 1.165) is 51.0 Å². The lowest BCUT2D eigenvalue weighted by Gasteiger charge is -2.35. The molecule has 2 aliphatic heterocycles. The monoisotopic (exact) mass is 364 g/mol. The molecule has 3 rings (SSSR count). The fourth-order valence-electron chi connectivity index (χ4n) is 5.08. The first-order chi connectivity index (χ1) is 12.8. The van der Waals surface area contributed by atoms with Crippen LogP contribution in [0.2, 0.25) is 0 Å². The summed E-state index contributed by atoms with van der Waals surface area (Å²) in [4.78, 5) is 9.73. The van der Waals surface area contributed by atoms with Gasteiger partial charge >= 0.3 is 0 Å². The Morgan fingerprint density at radius 1 is 1.00 bits per heavy atom. The molecule has 3 aliphatic rings. The highest BCUT2D eigenvalue weighted by Crippen LogP contribution is 2.27. The number of nitrogens with one attached hydrogen (secondary N) is 1. The normalized spacial score (nSPS) is 27.2. The van der Waals surface area contributed by atoms with Crippen LogP contribution in [-0.2, 0) is 4.74 Å². The Morgan fingerprint density at radius 2 is 1.77 bits per heavy atom. The molecule has 2 saturated heterocycles. The molecular weight excluding hydrogens is 324 g/mol. The zero-order valence-corrected chi connectivity index (χ0v) is 17.1. The van der Waals surface area contributed by atoms with E-state index in [9.17, 15) is 0 Å². The van der Waals surface area contributed by atoms with Gasteiger partial charge in [0.05, 0.1) is 6.10 Å². The van der Waals surface area contributed by atoms with E-state index in [1.54, 1.807) is 0 Å². The van der Waals surface area contributed by atoms with E-state index in [4.69, 9.17) is 4.74 Å². The van der Waals surface area contributed by atoms with Crippen LogP contribution in [0.4, 0.5) is 0 Å². The Hall–Kier alpha value is -0.810. The van der Waals surface area contributed by atoms with Gasteiger partial charge in [0.15, 0.2) is 5.96 Å². The molecule has 1 N–H and O–H groups in total. The molecule has 1 saturated carbocycles. The summed E-state index contributed by atoms with van der Waals surface area (Å²) in [6.45, 7) is 8.70. The minimum Gasteiger partial charge on any atom is -0.378 e. The fourth-order valence-corrected chi connectivity index (χ4v) is 5.08. The Bertz CT molecular complexity index is 428. The highest BCUT2D eigenvalue weighted by atomic mass is 16.5. The number of rotatable bonds is 6. The largest absolute Gasteiger partial charge is 0.378 e. The number of hydrogen-bond acceptors (Lipinski definition) is 3. The molecule has 1 aliphatic carbocycles. The Labute approximate surface area is 160 Å². The van der Waals surface area contributed by atoms with E-state index >= 15 is 0 Å². The number of ether oxygens (including phenoxy) is 1. The van der Waals surface area contributed by atoms with Gasteiger partial charge in [-0.25, -0.2) is 0 Å². The van der Waals surface area contributed by atoms with Crippen LogP contribution in [-0.4, -0.2) is 74.3 Å². The summed E-state index contributed by atoms with van der Waals surface area (Å²) in [6, 6.07) is 0.689. The third-order valence-electron chi connectivity index (χ3n) is 6.57. The molecule has 0 aromatic carbocycles. The summed E-state index contributed by atoms with van der Waals surface area (Å²) >= 11 is 0. The van der Waals surface area contributed by atoms with Gasteiger partial charge in [-0.2, -0.15) is 0 Å². The second kappa shape index (κ2) is 10.5. The van der Waals surface area contributed by atoms with Crippen LogP contribution in [0, 0.1) is 5.92 Å². The first kappa shape index (κ1) is 19.9. The minimum atomic E-state index is 0.440. The zero-order chi connectivity index (χ0) is 18.2. The quantitative estimate of drug-likeness (QED) is 0.581. The van der Waals surface area contributed by atoms with Crippen molar-refractivity contribution < 1.29 is 4.74 Å². The third kappa shape index (κ3) is 5.59. The van der Waals surface area contributed by atoms with Crippen molar-refractivity contribution >= 4 is 5.96 Å². The highest BCUT2D eigenvalue weighted by molar-refractivity contribution is 5.80. The smallest absolute Gasteiger partial charge is 0.193 e. The average molecular weight is 365 g/mol. The maximum atomic E-state index is 5.78. The zero-order valence-electron chi connectivity index (χ0n) is 17.1. The van der Waals surface area contributed by atoms with Crippen molar-refractivity contribution in [2.45, 2.75) is 76.9 Å². The van der Waals surface area contributed by atoms with Crippen molar-refractivity contribution in [1.82, 2.24) is 15.1 Å². The van der Waals surface area contributed by atoms with Crippen LogP contribution in [0.15, 0.2) is 4.99 Å². The lowest BCUT2D eigenvalue weighted by atomic mass is 9.89. The Kier molecular flexibility index (Phi) is 8.06. The van der Waals surface area contributed by atoms with Crippen molar-refractivity contribution in [2.75, 3.05) is 46.4 Å². The molecule has 26 heavy (non-hydrogen) atoms. The third-order valence-corrected chi connectivity index (χ3v) is 6.57. The second-order valence-electron chi connectivity index (χ2n) is 8.36. The molecule has 5 nitrogen and oxygen atoms in total. The van der Waals surface area contributed by atoms with Gasteiger partial charge in [-0.3, -0.25) is 9.89 Å². The van der Waals surface area contributed by atoms with Crippen LogP contribution in [0.1, 0.15) is 64.7 Å². The van der Waals surface area contributed by atoms with Gasteiger partial charge in [0.1, 0.15) is 0 Å². The number of guanidine groups is 1. The summed E-state index contributed by atoms with van der Waals surface area (Å²) in [5.41, 5.74) is 0. The van der Waals surface area contributed by atoms with E-state index in [1.807, 2.05) is 7.05 Å². The summed E-state index contributed by atoms with van der Waals surface area (Å²) in [7, 11) is 1.92. The minimum absolute atomic E-state index is 0.440. The van der Waals surface area contributed by atoms with Crippen LogP contribution in [0.3, 0.4) is 0 Å². The molecule has 1 atom stereocenters. The molecule has 0 amide bonds. The summed E-state index contributed by atoms with van der Waals surface area (Å²) in [6.07, 6.45) is 12.6. The van der Waals surface area contributed by atoms with E-state index in [-0.39, 0.29) is 0 Å². The van der Waals surface area contributed by atoms with Gasteiger partial charge < -0.3 is 15.0 Å². The number of hydrogen-bond donors (Lipinski definition) is 1. The standard InChI is InChI=1S/C21H40N4O/c1-3-26-20-11-14-24(15-12-20)21(22-2)23-16-19-10-7-13-25(19)17-18-8-5-4-6-9-18/h18-20H,3-17H2,1-2H3,(H,22,23). The van der Waals surface area contributed by atoms with E-state index in [2.05, 4.69) is 27.0 Å². The number of nitrogens with zero attached hydrogens (tertiary/aromatic N) is 3. The predicted octanol–water partition coefficient (Wildman–Crippen LogP) is 3.11. The van der Waals surface area contributed by atoms with Crippen molar-refractivity contribution in [3.05, 3.63) is 0 Å². The molecule has 0 aromatic heterocycles. The van der Waals surface area contributed by atoms with Crippen molar-refractivity contribution in [1.29, 1.82) is 0 Å². The molecule has 5 heteroatoms. The average Bonchev–Trinajstić information content (AvgIpc) is 3.11. The van der Waals surface area contributed by atoms with E-state index in [0.29, 0.717) is 12.1 Å². The predicted molar refractivity (Wildman–Crippen MR) is 109 cm³/mol. The first-order valence-electron chi connectivity index (χ1n) is 11.1. The topological polar surface area (TPSA) is 40.1 Å². The summed E-state index contributed by atoms with van der Waals surface area (Å²) < 4.78 is 5.78. The van der Waals surface area contributed by atoms with Gasteiger partial charge in [-0.1, -0.05) is 19.3 Å². The highest BCUT2D eigenvalue weighted by Gasteiger charge is 2.28. The molecular formula is C21H40N4O. The Morgan fingerprint density at radius 3 is 2.46 bits per heavy atom. The lowest BCUT2D eigenvalue weighted by molar-refractivity contribution is 0.0263. The number of aliphatic imine (C=N–C) groups is 1. The molecule has 0 spiro atoms. The first-order valence-corrected chi connectivity index (χ1v) is 11.1. The van der Waals surface area contributed by atoms with Crippen LogP contribution >= 0.6 is 0 Å². The summed E-state index contributed by atoms with van der Waals surface area (Å²) in [5.74, 6) is 2.03. The number of likely N-dealkylation sites (tertiary alicyclic amines) is 2. The van der Waals surface area contributed by atoms with Gasteiger partial charge in [0.2, 0.25) is 0 Å². The van der Waals surface area contributed by atoms with Gasteiger partial charge in [-0.05, 0) is 57.9 Å². The van der Waals surface area contributed by atoms with Crippen molar-refractivity contribution in [3.63, 3.8) is 0 Å². The van der Waals surface area contributed by atoms with Crippen LogP contribution in [0.5, 0.6) is 0 Å². The van der Waals surface area contributed by atoms with E-state index in [1.165, 1.54) is 58.0 Å². The maximum absolute atomic E-state index is 5.78. The molecule has 150 valence electrons. The van der Waals surface area contributed by atoms with Crippen LogP contribution < -0.4 is 5.32 Å². The molecule has 1 unspecified atom stereocenters. The van der Waals surface area contributed by atoms with Crippen LogP contribution in [0.25, 0.3) is 0 Å². The SMILES string of the molecule is CCOC1CCN(C(=NC)NCC2CCCN2CC2CCCCC2)CC1. The molecule has 0 aromatic rings. The maximum Gasteiger partial charge on any atom is 0.193 e. The van der Waals surface area contributed by atoms with Gasteiger partial charge in [0, 0.05) is 45.9 Å². The molecule has 0 radical (unpaired) electrons. The van der Waals surface area contributed by atoms with Gasteiger partial charge in [-0.15, -0.1) is 0 Å². The molecule has 2 heterocycles. The van der Waals surface area contributed by atoms with Crippen molar-refractivity contribution in [2.24, 2.45) is 10.9 Å². The number of piperidine rings is 1. The fraction of sp³-hybridized carbons (Fsp3) is 0.952. The molecule has 3 fully saturated rings. The van der Waals surface area contributed by atoms with E-state index < -0.39 is 0 Å². The summed E-state index contributed by atoms with van der Waals surface area (Å²) in [5, 5.41) is 3.69. The molecule has 0 bridgehead atoms. The second-order valence-corrected chi connectivity index (χ2v) is 8.36. The Balaban J connectivity index is 1.42. The lowest BCUT2D eigenvalue weighted by Crippen LogP contribution is -2.50. The van der Waals surface area contributed by atoms with Gasteiger partial charge in [0.25, 0.3) is 0 Å². The van der Waals surface area contributed by atoms with Crippen molar-refractivity contribution in [3.8, 4) is 0 Å².